The highest BCUT2D eigenvalue weighted by atomic mass is 32.1. The highest BCUT2D eigenvalue weighted by molar-refractivity contribution is 7.12. The molecule has 1 saturated heterocycles. The summed E-state index contributed by atoms with van der Waals surface area (Å²) < 4.78 is 7.98. The number of nitrogens with one attached hydrogen (secondary N) is 2. The third kappa shape index (κ3) is 7.02. The van der Waals surface area contributed by atoms with E-state index in [1.165, 1.54) is 45.9 Å². The maximum Gasteiger partial charge on any atom is 0.349 e. The fraction of sp³-hybridized carbons (Fsp3) is 0.385. The predicted molar refractivity (Wildman–Crippen MR) is 204 cm³/mol. The van der Waals surface area contributed by atoms with Crippen molar-refractivity contribution in [3.63, 3.8) is 0 Å². The van der Waals surface area contributed by atoms with Gasteiger partial charge in [-0.1, -0.05) is 23.4 Å². The van der Waals surface area contributed by atoms with Crippen molar-refractivity contribution >= 4 is 50.6 Å². The molecule has 12 nitrogen and oxygen atoms in total. The lowest BCUT2D eigenvalue weighted by atomic mass is 9.99. The fourth-order valence-electron chi connectivity index (χ4n) is 7.89. The van der Waals surface area contributed by atoms with Crippen LogP contribution >= 0.6 is 22.7 Å². The molecule has 8 rings (SSSR count). The number of nitrogens with zero attached hydrogens (tertiary/aromatic N) is 4. The van der Waals surface area contributed by atoms with Crippen LogP contribution in [-0.2, 0) is 41.1 Å². The van der Waals surface area contributed by atoms with Crippen LogP contribution in [0.2, 0.25) is 0 Å². The van der Waals surface area contributed by atoms with Crippen LogP contribution in [0.4, 0.5) is 0 Å². The highest BCUT2D eigenvalue weighted by Gasteiger charge is 2.45. The number of aliphatic hydroxyl groups excluding tert-OH is 1. The average molecular weight is 755 g/mol. The van der Waals surface area contributed by atoms with E-state index in [4.69, 9.17) is 4.74 Å². The summed E-state index contributed by atoms with van der Waals surface area (Å²) in [6.07, 6.45) is 4.32. The van der Waals surface area contributed by atoms with Gasteiger partial charge in [-0.3, -0.25) is 4.79 Å². The summed E-state index contributed by atoms with van der Waals surface area (Å²) in [5, 5.41) is 49.7. The molecule has 0 spiro atoms. The van der Waals surface area contributed by atoms with Crippen molar-refractivity contribution in [2.45, 2.75) is 69.4 Å². The molecule has 1 atom stereocenters. The van der Waals surface area contributed by atoms with Crippen LogP contribution < -0.4 is 10.9 Å². The Morgan fingerprint density at radius 3 is 2.53 bits per heavy atom. The first kappa shape index (κ1) is 35.6. The molecule has 0 bridgehead atoms. The molecule has 1 fully saturated rings. The number of phenolic OH excluding ortho intramolecular Hbond substituents is 1. The Morgan fingerprint density at radius 2 is 1.79 bits per heavy atom. The summed E-state index contributed by atoms with van der Waals surface area (Å²) in [5.41, 5.74) is 4.65. The Hall–Kier alpha value is -4.44. The molecular formula is C39H42N6O6S2. The third-order valence-electron chi connectivity index (χ3n) is 10.6. The van der Waals surface area contributed by atoms with Crippen molar-refractivity contribution in [1.82, 2.24) is 30.2 Å². The number of aromatic amines is 1. The van der Waals surface area contributed by atoms with Crippen LogP contribution in [0.25, 0.3) is 21.9 Å². The molecule has 5 heterocycles. The molecule has 4 aromatic heterocycles. The van der Waals surface area contributed by atoms with Crippen molar-refractivity contribution in [2.75, 3.05) is 26.2 Å². The Kier molecular flexibility index (Phi) is 10.2. The summed E-state index contributed by atoms with van der Waals surface area (Å²) >= 11 is 2.70. The largest absolute Gasteiger partial charge is 0.506 e. The molecule has 0 saturated carbocycles. The zero-order chi connectivity index (χ0) is 36.5. The van der Waals surface area contributed by atoms with Gasteiger partial charge in [0.2, 0.25) is 11.2 Å². The van der Waals surface area contributed by atoms with E-state index in [1.807, 2.05) is 27.6 Å². The van der Waals surface area contributed by atoms with Crippen LogP contribution in [0.1, 0.15) is 63.8 Å². The number of benzene rings is 2. The zero-order valence-electron chi connectivity index (χ0n) is 29.2. The van der Waals surface area contributed by atoms with Gasteiger partial charge >= 0.3 is 5.97 Å². The number of phenols is 1. The number of likely N-dealkylation sites (tertiary alicyclic amines) is 1. The van der Waals surface area contributed by atoms with Crippen LogP contribution in [0, 0.1) is 0 Å². The first-order valence-electron chi connectivity index (χ1n) is 18.1. The molecule has 276 valence electrons. The number of aliphatic hydroxyl groups is 2. The van der Waals surface area contributed by atoms with Crippen LogP contribution in [0.15, 0.2) is 70.2 Å². The molecule has 2 aliphatic rings. The number of carbonyl (C=O) groups excluding carboxylic acids is 1. The van der Waals surface area contributed by atoms with E-state index in [0.717, 1.165) is 81.3 Å². The third-order valence-corrected chi connectivity index (χ3v) is 12.5. The minimum atomic E-state index is -1.78. The van der Waals surface area contributed by atoms with E-state index >= 15 is 0 Å². The van der Waals surface area contributed by atoms with Gasteiger partial charge in [-0.2, -0.15) is 0 Å². The number of rotatable bonds is 13. The van der Waals surface area contributed by atoms with E-state index in [0.29, 0.717) is 39.3 Å². The number of aromatic nitrogens is 4. The Balaban J connectivity index is 0.852. The Labute approximate surface area is 313 Å². The maximum atomic E-state index is 13.4. The second-order valence-corrected chi connectivity index (χ2v) is 15.8. The second kappa shape index (κ2) is 15.1. The summed E-state index contributed by atoms with van der Waals surface area (Å²) in [6, 6.07) is 15.5. The number of hydrogen-bond donors (Lipinski definition) is 5. The van der Waals surface area contributed by atoms with Gasteiger partial charge in [-0.15, -0.1) is 27.8 Å². The average Bonchev–Trinajstić information content (AvgIpc) is 4.00. The van der Waals surface area contributed by atoms with Gasteiger partial charge in [0.05, 0.1) is 26.9 Å². The monoisotopic (exact) mass is 754 g/mol. The first-order valence-corrected chi connectivity index (χ1v) is 19.9. The molecule has 6 aromatic rings. The second-order valence-electron chi connectivity index (χ2n) is 13.9. The van der Waals surface area contributed by atoms with Gasteiger partial charge in [-0.05, 0) is 108 Å². The number of piperidine rings is 1. The van der Waals surface area contributed by atoms with E-state index < -0.39 is 17.7 Å². The van der Waals surface area contributed by atoms with Gasteiger partial charge < -0.3 is 35.3 Å². The van der Waals surface area contributed by atoms with E-state index in [1.54, 1.807) is 24.3 Å². The van der Waals surface area contributed by atoms with Crippen LogP contribution in [-0.4, -0.2) is 78.4 Å². The zero-order valence-corrected chi connectivity index (χ0v) is 30.8. The standard InChI is InChI=1S/C39H42N6O6S2/c46-31-11-9-27(28-10-12-35(48)41-36(28)31)32(47)23-40-22-24-21-30-37(29-6-1-5-26(24)29)45(43-42-30)16-4-15-44-17-13-25(14-18-44)51-38(49)39(50,33-7-2-19-52-33)34-8-3-20-53-34/h2-3,7-12,19-21,25,32,40,46-47,50H,1,4-6,13-18,22-23H2,(H,41,48)/t32-/m0/s1. The van der Waals surface area contributed by atoms with Crippen molar-refractivity contribution in [3.05, 3.63) is 108 Å². The molecule has 0 amide bonds. The molecule has 1 aliphatic heterocycles. The molecule has 1 aliphatic carbocycles. The highest BCUT2D eigenvalue weighted by Crippen LogP contribution is 2.38. The molecule has 0 unspecified atom stereocenters. The molecular weight excluding hydrogens is 713 g/mol. The number of H-pyrrole nitrogens is 1. The van der Waals surface area contributed by atoms with Crippen molar-refractivity contribution in [3.8, 4) is 5.75 Å². The number of pyridine rings is 1. The smallest absolute Gasteiger partial charge is 0.349 e. The van der Waals surface area contributed by atoms with Gasteiger partial charge in [0.15, 0.2) is 0 Å². The molecule has 0 radical (unpaired) electrons. The van der Waals surface area contributed by atoms with Gasteiger partial charge in [0, 0.05) is 44.2 Å². The van der Waals surface area contributed by atoms with Gasteiger partial charge in [0.1, 0.15) is 17.4 Å². The number of carbonyl (C=O) groups is 1. The quantitative estimate of drug-likeness (QED) is 0.104. The normalized spacial score (nSPS) is 16.0. The summed E-state index contributed by atoms with van der Waals surface area (Å²) in [5.74, 6) is -0.640. The number of ether oxygens (including phenoxy) is 1. The fourth-order valence-corrected chi connectivity index (χ4v) is 9.60. The Bertz CT molecular complexity index is 2240. The summed E-state index contributed by atoms with van der Waals surface area (Å²) in [4.78, 5) is 31.4. The SMILES string of the molecule is O=C(OC1CCN(CCCn2nnc3cc(CNC[C@H](O)c4ccc(O)c5[nH]c(=O)ccc45)c4c(c32)CCC4)CC1)C(O)(c1cccs1)c1cccs1. The molecule has 2 aromatic carbocycles. The molecule has 5 N–H and O–H groups in total. The summed E-state index contributed by atoms with van der Waals surface area (Å²) in [6.45, 7) is 4.15. The lowest BCUT2D eigenvalue weighted by Crippen LogP contribution is -2.43. The number of aromatic hydroxyl groups is 1. The minimum Gasteiger partial charge on any atom is -0.506 e. The Morgan fingerprint density at radius 1 is 1.04 bits per heavy atom. The predicted octanol–water partition coefficient (Wildman–Crippen LogP) is 4.75. The number of hydrogen-bond acceptors (Lipinski definition) is 12. The van der Waals surface area contributed by atoms with E-state index in [9.17, 15) is 24.9 Å². The number of fused-ring (bicyclic) bond motifs is 4. The molecule has 14 heteroatoms. The van der Waals surface area contributed by atoms with Gasteiger partial charge in [0.25, 0.3) is 0 Å². The lowest BCUT2D eigenvalue weighted by molar-refractivity contribution is -0.169. The van der Waals surface area contributed by atoms with Gasteiger partial charge in [-0.25, -0.2) is 9.48 Å². The minimum absolute atomic E-state index is 0.0334. The maximum absolute atomic E-state index is 13.4. The van der Waals surface area contributed by atoms with Crippen molar-refractivity contribution in [2.24, 2.45) is 0 Å². The summed E-state index contributed by atoms with van der Waals surface area (Å²) in [7, 11) is 0. The van der Waals surface area contributed by atoms with Crippen molar-refractivity contribution < 1.29 is 24.9 Å². The van der Waals surface area contributed by atoms with E-state index in [2.05, 4.69) is 31.6 Å². The van der Waals surface area contributed by atoms with Crippen LogP contribution in [0.3, 0.4) is 0 Å². The first-order chi connectivity index (χ1) is 25.8. The number of esters is 1. The van der Waals surface area contributed by atoms with E-state index in [-0.39, 0.29) is 17.4 Å². The topological polar surface area (TPSA) is 166 Å². The van der Waals surface area contributed by atoms with Crippen LogP contribution in [0.5, 0.6) is 5.75 Å². The number of aryl methyl sites for hydroxylation is 2. The van der Waals surface area contributed by atoms with Crippen molar-refractivity contribution in [1.29, 1.82) is 0 Å². The number of thiophene rings is 2. The lowest BCUT2D eigenvalue weighted by Gasteiger charge is -2.33. The molecule has 53 heavy (non-hydrogen) atoms.